The monoisotopic (exact) mass is 343 g/mol. The van der Waals surface area contributed by atoms with Gasteiger partial charge in [0, 0.05) is 12.8 Å². The fraction of sp³-hybridized carbons (Fsp3) is 0.526. The number of carbonyl (C=O) groups excluding carboxylic acids is 1. The van der Waals surface area contributed by atoms with Gasteiger partial charge in [0.1, 0.15) is 12.1 Å². The Labute approximate surface area is 147 Å². The molecule has 0 unspecified atom stereocenters. The molecule has 1 saturated carbocycles. The first-order valence-electron chi connectivity index (χ1n) is 9.03. The van der Waals surface area contributed by atoms with Gasteiger partial charge in [0.25, 0.3) is 5.56 Å². The molecule has 1 aliphatic rings. The van der Waals surface area contributed by atoms with Crippen LogP contribution in [0.1, 0.15) is 32.1 Å². The molecule has 1 fully saturated rings. The van der Waals surface area contributed by atoms with E-state index in [-0.39, 0.29) is 23.6 Å². The van der Waals surface area contributed by atoms with Crippen molar-refractivity contribution in [2.24, 2.45) is 0 Å². The summed E-state index contributed by atoms with van der Waals surface area (Å²) in [6, 6.07) is 7.20. The number of quaternary nitrogens is 1. The summed E-state index contributed by atoms with van der Waals surface area (Å²) in [4.78, 5) is 30.5. The van der Waals surface area contributed by atoms with Gasteiger partial charge in [-0.3, -0.25) is 14.2 Å². The van der Waals surface area contributed by atoms with Gasteiger partial charge in [-0.15, -0.1) is 0 Å². The Morgan fingerprint density at radius 3 is 2.68 bits per heavy atom. The Hall–Kier alpha value is -2.21. The Morgan fingerprint density at radius 2 is 1.96 bits per heavy atom. The molecule has 0 aliphatic heterocycles. The summed E-state index contributed by atoms with van der Waals surface area (Å²) in [6.45, 7) is 0.666. The zero-order valence-corrected chi connectivity index (χ0v) is 15.0. The zero-order chi connectivity index (χ0) is 17.9. The van der Waals surface area contributed by atoms with Gasteiger partial charge in [-0.05, 0) is 25.0 Å². The van der Waals surface area contributed by atoms with Crippen LogP contribution in [-0.4, -0.2) is 41.6 Å². The molecule has 25 heavy (non-hydrogen) atoms. The average molecular weight is 343 g/mol. The Morgan fingerprint density at radius 1 is 1.24 bits per heavy atom. The zero-order valence-electron chi connectivity index (χ0n) is 15.0. The number of hydrogen-bond donors (Lipinski definition) is 2. The van der Waals surface area contributed by atoms with Crippen molar-refractivity contribution in [3.63, 3.8) is 0 Å². The van der Waals surface area contributed by atoms with E-state index in [1.54, 1.807) is 12.1 Å². The second-order valence-electron chi connectivity index (χ2n) is 7.31. The molecule has 1 aliphatic carbocycles. The third-order valence-corrected chi connectivity index (χ3v) is 5.54. The normalized spacial score (nSPS) is 16.9. The van der Waals surface area contributed by atoms with Crippen LogP contribution in [0, 0.1) is 0 Å². The van der Waals surface area contributed by atoms with Gasteiger partial charge in [0.2, 0.25) is 5.91 Å². The van der Waals surface area contributed by atoms with Gasteiger partial charge in [-0.2, -0.15) is 0 Å². The molecule has 1 heterocycles. The minimum absolute atomic E-state index is 0.00943. The third kappa shape index (κ3) is 3.74. The van der Waals surface area contributed by atoms with Crippen molar-refractivity contribution >= 4 is 16.8 Å². The summed E-state index contributed by atoms with van der Waals surface area (Å²) < 4.78 is 1.38. The van der Waals surface area contributed by atoms with Crippen molar-refractivity contribution < 1.29 is 9.69 Å². The van der Waals surface area contributed by atoms with E-state index in [0.29, 0.717) is 17.4 Å². The molecular weight excluding hydrogens is 316 g/mol. The number of nitrogens with zero attached hydrogens (tertiary/aromatic N) is 2. The van der Waals surface area contributed by atoms with Gasteiger partial charge in [-0.25, -0.2) is 4.98 Å². The second-order valence-corrected chi connectivity index (χ2v) is 7.31. The van der Waals surface area contributed by atoms with Crippen LogP contribution in [0.25, 0.3) is 10.9 Å². The number of likely N-dealkylation sites (N-methyl/N-ethyl adjacent to an activating group) is 1. The first-order chi connectivity index (χ1) is 12.0. The van der Waals surface area contributed by atoms with Crippen molar-refractivity contribution in [3.8, 4) is 0 Å². The third-order valence-electron chi connectivity index (χ3n) is 5.54. The molecular formula is C19H27N4O2+. The predicted octanol–water partition coefficient (Wildman–Crippen LogP) is 0.360. The first-order valence-corrected chi connectivity index (χ1v) is 9.03. The molecule has 1 aromatic carbocycles. The fourth-order valence-electron chi connectivity index (χ4n) is 3.78. The molecule has 6 heteroatoms. The van der Waals surface area contributed by atoms with E-state index < -0.39 is 0 Å². The number of carbonyl (C=O) groups is 1. The summed E-state index contributed by atoms with van der Waals surface area (Å²) in [5.74, 6) is -0.134. The summed E-state index contributed by atoms with van der Waals surface area (Å²) in [5, 5.41) is 3.59. The average Bonchev–Trinajstić information content (AvgIpc) is 2.63. The van der Waals surface area contributed by atoms with Gasteiger partial charge >= 0.3 is 0 Å². The molecule has 6 nitrogen and oxygen atoms in total. The number of aromatic nitrogens is 2. The van der Waals surface area contributed by atoms with Crippen LogP contribution in [0.4, 0.5) is 0 Å². The minimum Gasteiger partial charge on any atom is -0.348 e. The lowest BCUT2D eigenvalue weighted by molar-refractivity contribution is -0.916. The van der Waals surface area contributed by atoms with E-state index in [2.05, 4.69) is 24.4 Å². The molecule has 0 bridgehead atoms. The molecule has 0 radical (unpaired) electrons. The van der Waals surface area contributed by atoms with E-state index in [9.17, 15) is 9.59 Å². The topological polar surface area (TPSA) is 68.4 Å². The SMILES string of the molecule is C[NH+](C)C1(CNC(=O)Cn2cnc3ccccc3c2=O)CCCCC1. The van der Waals surface area contributed by atoms with Gasteiger partial charge < -0.3 is 10.2 Å². The van der Waals surface area contributed by atoms with Crippen molar-refractivity contribution in [1.82, 2.24) is 14.9 Å². The van der Waals surface area contributed by atoms with E-state index in [1.807, 2.05) is 12.1 Å². The molecule has 3 rings (SSSR count). The largest absolute Gasteiger partial charge is 0.348 e. The van der Waals surface area contributed by atoms with Gasteiger partial charge in [-0.1, -0.05) is 18.6 Å². The van der Waals surface area contributed by atoms with E-state index in [4.69, 9.17) is 0 Å². The maximum atomic E-state index is 12.5. The van der Waals surface area contributed by atoms with Gasteiger partial charge in [0.15, 0.2) is 0 Å². The van der Waals surface area contributed by atoms with Crippen LogP contribution >= 0.6 is 0 Å². The lowest BCUT2D eigenvalue weighted by Crippen LogP contribution is -3.16. The number of nitrogens with one attached hydrogen (secondary N) is 2. The maximum Gasteiger partial charge on any atom is 0.261 e. The van der Waals surface area contributed by atoms with Crippen molar-refractivity contribution in [2.75, 3.05) is 20.6 Å². The highest BCUT2D eigenvalue weighted by molar-refractivity contribution is 5.78. The Bertz CT molecular complexity index is 806. The second kappa shape index (κ2) is 7.35. The number of para-hydroxylation sites is 1. The van der Waals surface area contributed by atoms with Crippen LogP contribution in [0.2, 0.25) is 0 Å². The molecule has 0 atom stereocenters. The number of hydrogen-bond acceptors (Lipinski definition) is 3. The van der Waals surface area contributed by atoms with Crippen molar-refractivity contribution in [1.29, 1.82) is 0 Å². The Kier molecular flexibility index (Phi) is 5.18. The lowest BCUT2D eigenvalue weighted by Gasteiger charge is -2.39. The van der Waals surface area contributed by atoms with Crippen LogP contribution in [0.15, 0.2) is 35.4 Å². The number of benzene rings is 1. The smallest absolute Gasteiger partial charge is 0.261 e. The summed E-state index contributed by atoms with van der Waals surface area (Å²) in [5.41, 5.74) is 0.591. The molecule has 1 amide bonds. The summed E-state index contributed by atoms with van der Waals surface area (Å²) >= 11 is 0. The highest BCUT2D eigenvalue weighted by Crippen LogP contribution is 2.24. The molecule has 0 spiro atoms. The highest BCUT2D eigenvalue weighted by atomic mass is 16.2. The predicted molar refractivity (Wildman–Crippen MR) is 97.6 cm³/mol. The number of rotatable bonds is 5. The summed E-state index contributed by atoms with van der Waals surface area (Å²) in [6.07, 6.45) is 7.43. The minimum atomic E-state index is -0.175. The molecule has 2 N–H and O–H groups in total. The molecule has 2 aromatic rings. The van der Waals surface area contributed by atoms with Crippen LogP contribution in [0.5, 0.6) is 0 Å². The van der Waals surface area contributed by atoms with Gasteiger partial charge in [0.05, 0.1) is 37.9 Å². The van der Waals surface area contributed by atoms with E-state index in [0.717, 1.165) is 12.8 Å². The lowest BCUT2D eigenvalue weighted by atomic mass is 9.80. The molecule has 0 saturated heterocycles. The maximum absolute atomic E-state index is 12.5. The van der Waals surface area contributed by atoms with Crippen LogP contribution < -0.4 is 15.8 Å². The summed E-state index contributed by atoms with van der Waals surface area (Å²) in [7, 11) is 4.32. The standard InChI is InChI=1S/C19H26N4O2/c1-22(2)19(10-6-3-7-11-19)13-20-17(24)12-23-14-21-16-9-5-4-8-15(16)18(23)25/h4-5,8-9,14H,3,6-7,10-13H2,1-2H3,(H,20,24)/p+1. The van der Waals surface area contributed by atoms with Crippen molar-refractivity contribution in [3.05, 3.63) is 40.9 Å². The molecule has 134 valence electrons. The van der Waals surface area contributed by atoms with Crippen molar-refractivity contribution in [2.45, 2.75) is 44.2 Å². The van der Waals surface area contributed by atoms with E-state index in [1.165, 1.54) is 35.1 Å². The van der Waals surface area contributed by atoms with Crippen LogP contribution in [-0.2, 0) is 11.3 Å². The number of amides is 1. The van der Waals surface area contributed by atoms with E-state index >= 15 is 0 Å². The highest BCUT2D eigenvalue weighted by Gasteiger charge is 2.38. The molecule has 1 aromatic heterocycles. The number of fused-ring (bicyclic) bond motifs is 1. The fourth-order valence-corrected chi connectivity index (χ4v) is 3.78. The Balaban J connectivity index is 1.68. The quantitative estimate of drug-likeness (QED) is 0.824. The first kappa shape index (κ1) is 17.6. The van der Waals surface area contributed by atoms with Crippen LogP contribution in [0.3, 0.4) is 0 Å².